The lowest BCUT2D eigenvalue weighted by atomic mass is 9.89. The number of ether oxygens (including phenoxy) is 3. The van der Waals surface area contributed by atoms with Gasteiger partial charge in [0.2, 0.25) is 0 Å². The number of para-hydroxylation sites is 1. The van der Waals surface area contributed by atoms with E-state index in [1.165, 1.54) is 11.1 Å². The van der Waals surface area contributed by atoms with Crippen molar-refractivity contribution in [2.45, 2.75) is 26.3 Å². The van der Waals surface area contributed by atoms with E-state index in [9.17, 15) is 0 Å². The van der Waals surface area contributed by atoms with Crippen LogP contribution in [0.1, 0.15) is 36.6 Å². The number of methoxy groups -OCH3 is 2. The van der Waals surface area contributed by atoms with E-state index in [4.69, 9.17) is 14.2 Å². The fraction of sp³-hybridized carbons (Fsp3) is 0.478. The Labute approximate surface area is 168 Å². The predicted molar refractivity (Wildman–Crippen MR) is 113 cm³/mol. The molecule has 1 aliphatic heterocycles. The van der Waals surface area contributed by atoms with Crippen LogP contribution in [0.25, 0.3) is 0 Å². The number of hydrogen-bond acceptors (Lipinski definition) is 5. The van der Waals surface area contributed by atoms with Gasteiger partial charge in [0.05, 0.1) is 20.3 Å². The summed E-state index contributed by atoms with van der Waals surface area (Å²) in [5.41, 5.74) is 3.70. The molecule has 2 aromatic carbocycles. The van der Waals surface area contributed by atoms with E-state index in [1.54, 1.807) is 14.2 Å². The topological polar surface area (TPSA) is 43.0 Å². The molecule has 5 heteroatoms. The van der Waals surface area contributed by atoms with Crippen molar-refractivity contribution in [3.8, 4) is 17.2 Å². The molecule has 1 atom stereocenters. The second-order valence-electron chi connectivity index (χ2n) is 6.96. The Hall–Kier alpha value is -2.24. The van der Waals surface area contributed by atoms with E-state index in [2.05, 4.69) is 48.3 Å². The van der Waals surface area contributed by atoms with Gasteiger partial charge in [-0.25, -0.2) is 0 Å². The number of nitrogens with one attached hydrogen (secondary N) is 1. The summed E-state index contributed by atoms with van der Waals surface area (Å²) in [5.74, 6) is 2.49. The molecule has 0 amide bonds. The normalized spacial score (nSPS) is 16.0. The van der Waals surface area contributed by atoms with Crippen LogP contribution in [0.5, 0.6) is 17.2 Å². The summed E-state index contributed by atoms with van der Waals surface area (Å²) < 4.78 is 17.2. The Kier molecular flexibility index (Phi) is 7.18. The van der Waals surface area contributed by atoms with E-state index >= 15 is 0 Å². The molecule has 0 saturated carbocycles. The van der Waals surface area contributed by atoms with Crippen LogP contribution in [-0.2, 0) is 6.42 Å². The van der Waals surface area contributed by atoms with Crippen molar-refractivity contribution in [2.24, 2.45) is 0 Å². The van der Waals surface area contributed by atoms with Crippen LogP contribution in [0.3, 0.4) is 0 Å². The zero-order valence-electron chi connectivity index (χ0n) is 17.5. The largest absolute Gasteiger partial charge is 0.493 e. The molecule has 1 unspecified atom stereocenters. The Morgan fingerprint density at radius 2 is 1.86 bits per heavy atom. The molecule has 1 N–H and O–H groups in total. The van der Waals surface area contributed by atoms with Gasteiger partial charge >= 0.3 is 0 Å². The fourth-order valence-corrected chi connectivity index (χ4v) is 3.88. The highest BCUT2D eigenvalue weighted by Gasteiger charge is 2.25. The monoisotopic (exact) mass is 384 g/mol. The van der Waals surface area contributed by atoms with Gasteiger partial charge in [-0.2, -0.15) is 0 Å². The van der Waals surface area contributed by atoms with Crippen molar-refractivity contribution in [3.63, 3.8) is 0 Å². The van der Waals surface area contributed by atoms with Crippen molar-refractivity contribution >= 4 is 0 Å². The van der Waals surface area contributed by atoms with Gasteiger partial charge in [0.15, 0.2) is 11.5 Å². The summed E-state index contributed by atoms with van der Waals surface area (Å²) in [5, 5.41) is 3.63. The van der Waals surface area contributed by atoms with Crippen molar-refractivity contribution in [3.05, 3.63) is 53.1 Å². The SMILES string of the molecule is CCN(CC)CCOc1ccc2c(c1)CCNC2c1cccc(OC)c1OC. The van der Waals surface area contributed by atoms with Crippen LogP contribution in [0.2, 0.25) is 0 Å². The van der Waals surface area contributed by atoms with Gasteiger partial charge < -0.3 is 24.4 Å². The highest BCUT2D eigenvalue weighted by molar-refractivity contribution is 5.53. The molecule has 0 aromatic heterocycles. The summed E-state index contributed by atoms with van der Waals surface area (Å²) >= 11 is 0. The van der Waals surface area contributed by atoms with Crippen molar-refractivity contribution in [1.29, 1.82) is 0 Å². The smallest absolute Gasteiger partial charge is 0.165 e. The molecule has 5 nitrogen and oxygen atoms in total. The first-order valence-corrected chi connectivity index (χ1v) is 10.1. The van der Waals surface area contributed by atoms with E-state index in [0.29, 0.717) is 6.61 Å². The lowest BCUT2D eigenvalue weighted by molar-refractivity contribution is 0.222. The van der Waals surface area contributed by atoms with Crippen molar-refractivity contribution < 1.29 is 14.2 Å². The Balaban J connectivity index is 1.80. The number of hydrogen-bond donors (Lipinski definition) is 1. The average molecular weight is 385 g/mol. The molecule has 152 valence electrons. The molecule has 28 heavy (non-hydrogen) atoms. The molecule has 1 aliphatic rings. The van der Waals surface area contributed by atoms with Crippen LogP contribution in [0.15, 0.2) is 36.4 Å². The van der Waals surface area contributed by atoms with Crippen LogP contribution in [0, 0.1) is 0 Å². The van der Waals surface area contributed by atoms with E-state index < -0.39 is 0 Å². The molecule has 0 radical (unpaired) electrons. The van der Waals surface area contributed by atoms with Gasteiger partial charge in [0.25, 0.3) is 0 Å². The van der Waals surface area contributed by atoms with Crippen LogP contribution in [-0.4, -0.2) is 51.9 Å². The highest BCUT2D eigenvalue weighted by Crippen LogP contribution is 2.39. The predicted octanol–water partition coefficient (Wildman–Crippen LogP) is 3.66. The highest BCUT2D eigenvalue weighted by atomic mass is 16.5. The van der Waals surface area contributed by atoms with Gasteiger partial charge in [-0.05, 0) is 48.8 Å². The maximum absolute atomic E-state index is 6.02. The summed E-state index contributed by atoms with van der Waals surface area (Å²) in [6, 6.07) is 12.6. The van der Waals surface area contributed by atoms with E-state index in [-0.39, 0.29) is 6.04 Å². The minimum absolute atomic E-state index is 0.0820. The number of benzene rings is 2. The average Bonchev–Trinajstić information content (AvgIpc) is 2.75. The Morgan fingerprint density at radius 1 is 1.04 bits per heavy atom. The van der Waals surface area contributed by atoms with Crippen LogP contribution >= 0.6 is 0 Å². The third-order valence-corrected chi connectivity index (χ3v) is 5.48. The second kappa shape index (κ2) is 9.80. The fourth-order valence-electron chi connectivity index (χ4n) is 3.88. The Bertz CT molecular complexity index is 774. The van der Waals surface area contributed by atoms with E-state index in [0.717, 1.165) is 55.4 Å². The van der Waals surface area contributed by atoms with E-state index in [1.807, 2.05) is 12.1 Å². The minimum atomic E-state index is 0.0820. The summed E-state index contributed by atoms with van der Waals surface area (Å²) in [6.07, 6.45) is 0.991. The zero-order chi connectivity index (χ0) is 19.9. The third-order valence-electron chi connectivity index (χ3n) is 5.48. The molecule has 0 bridgehead atoms. The van der Waals surface area contributed by atoms with Gasteiger partial charge in [0.1, 0.15) is 12.4 Å². The molecule has 2 aromatic rings. The number of fused-ring (bicyclic) bond motifs is 1. The molecule has 1 heterocycles. The van der Waals surface area contributed by atoms with Crippen LogP contribution < -0.4 is 19.5 Å². The molecular weight excluding hydrogens is 352 g/mol. The summed E-state index contributed by atoms with van der Waals surface area (Å²) in [4.78, 5) is 2.37. The number of likely N-dealkylation sites (N-methyl/N-ethyl adjacent to an activating group) is 1. The van der Waals surface area contributed by atoms with Gasteiger partial charge in [-0.15, -0.1) is 0 Å². The number of nitrogens with zero attached hydrogens (tertiary/aromatic N) is 1. The quantitative estimate of drug-likeness (QED) is 0.715. The maximum atomic E-state index is 6.02. The first-order valence-electron chi connectivity index (χ1n) is 10.1. The van der Waals surface area contributed by atoms with Crippen molar-refractivity contribution in [2.75, 3.05) is 47.0 Å². The molecular formula is C23H32N2O3. The number of rotatable bonds is 9. The van der Waals surface area contributed by atoms with Crippen LogP contribution in [0.4, 0.5) is 0 Å². The second-order valence-corrected chi connectivity index (χ2v) is 6.96. The lowest BCUT2D eigenvalue weighted by Gasteiger charge is -2.29. The lowest BCUT2D eigenvalue weighted by Crippen LogP contribution is -2.31. The maximum Gasteiger partial charge on any atom is 0.165 e. The molecule has 3 rings (SSSR count). The molecule has 0 spiro atoms. The molecule has 0 saturated heterocycles. The first kappa shape index (κ1) is 20.5. The summed E-state index contributed by atoms with van der Waals surface area (Å²) in [7, 11) is 3.36. The van der Waals surface area contributed by atoms with Gasteiger partial charge in [0, 0.05) is 18.7 Å². The third kappa shape index (κ3) is 4.42. The summed E-state index contributed by atoms with van der Waals surface area (Å²) in [6.45, 7) is 9.06. The minimum Gasteiger partial charge on any atom is -0.493 e. The van der Waals surface area contributed by atoms with Crippen molar-refractivity contribution in [1.82, 2.24) is 10.2 Å². The van der Waals surface area contributed by atoms with Gasteiger partial charge in [-0.1, -0.05) is 32.0 Å². The first-order chi connectivity index (χ1) is 13.7. The molecule has 0 aliphatic carbocycles. The van der Waals surface area contributed by atoms with Gasteiger partial charge in [-0.3, -0.25) is 0 Å². The Morgan fingerprint density at radius 3 is 2.57 bits per heavy atom. The zero-order valence-corrected chi connectivity index (χ0v) is 17.5. The molecule has 0 fully saturated rings. The standard InChI is InChI=1S/C23H32N2O3/c1-5-25(6-2)14-15-28-18-10-11-19-17(16-18)12-13-24-22(19)20-8-7-9-21(26-3)23(20)27-4/h7-11,16,22,24H,5-6,12-15H2,1-4H3.